The zero-order valence-corrected chi connectivity index (χ0v) is 16.7. The number of fused-ring (bicyclic) bond motifs is 1. The van der Waals surface area contributed by atoms with Gasteiger partial charge in [0.1, 0.15) is 6.04 Å². The Hall–Kier alpha value is -2.25. The quantitative estimate of drug-likeness (QED) is 0.566. The maximum Gasteiger partial charge on any atom is 0.262 e. The first kappa shape index (κ1) is 19.5. The predicted octanol–water partition coefficient (Wildman–Crippen LogP) is 3.76. The Morgan fingerprint density at radius 3 is 2.19 bits per heavy atom. The van der Waals surface area contributed by atoms with Crippen LogP contribution in [0.2, 0.25) is 0 Å². The summed E-state index contributed by atoms with van der Waals surface area (Å²) in [5, 5.41) is 2.90. The van der Waals surface area contributed by atoms with Gasteiger partial charge in [0, 0.05) is 4.90 Å². The second-order valence-corrected chi connectivity index (χ2v) is 7.85. The van der Waals surface area contributed by atoms with Gasteiger partial charge in [-0.1, -0.05) is 24.3 Å². The Bertz CT molecular complexity index is 850. The smallest absolute Gasteiger partial charge is 0.262 e. The summed E-state index contributed by atoms with van der Waals surface area (Å²) in [5.74, 6) is -0.500. The number of rotatable bonds is 7. The van der Waals surface area contributed by atoms with Gasteiger partial charge in [-0.25, -0.2) is 0 Å². The zero-order chi connectivity index (χ0) is 19.4. The lowest BCUT2D eigenvalue weighted by molar-refractivity contribution is -0.120. The van der Waals surface area contributed by atoms with Gasteiger partial charge in [0.05, 0.1) is 16.8 Å². The van der Waals surface area contributed by atoms with Gasteiger partial charge in [-0.3, -0.25) is 19.3 Å². The topological polar surface area (TPSA) is 66.5 Å². The molecule has 3 amide bonds. The van der Waals surface area contributed by atoms with Crippen LogP contribution in [0.5, 0.6) is 0 Å². The number of carbonyl (C=O) groups excluding carboxylic acids is 3. The van der Waals surface area contributed by atoms with E-state index in [2.05, 4.69) is 5.32 Å². The van der Waals surface area contributed by atoms with Crippen molar-refractivity contribution in [2.45, 2.75) is 17.4 Å². The normalized spacial score (nSPS) is 14.2. The van der Waals surface area contributed by atoms with E-state index in [9.17, 15) is 14.4 Å². The molecule has 3 rings (SSSR count). The SMILES string of the molecule is CSCCC(C(=O)Nc1ccccc1SC)N1C(=O)c2ccccc2C1=O. The van der Waals surface area contributed by atoms with Crippen LogP contribution < -0.4 is 5.32 Å². The molecule has 1 aliphatic rings. The molecule has 0 bridgehead atoms. The molecule has 1 aliphatic heterocycles. The molecule has 2 aromatic rings. The monoisotopic (exact) mass is 400 g/mol. The number of hydrogen-bond donors (Lipinski definition) is 1. The molecule has 0 aromatic heterocycles. The largest absolute Gasteiger partial charge is 0.323 e. The number of hydrogen-bond acceptors (Lipinski definition) is 5. The molecule has 5 nitrogen and oxygen atoms in total. The third kappa shape index (κ3) is 3.89. The van der Waals surface area contributed by atoms with Crippen LogP contribution in [0.3, 0.4) is 0 Å². The lowest BCUT2D eigenvalue weighted by Gasteiger charge is -2.25. The number of benzene rings is 2. The molecule has 0 radical (unpaired) electrons. The fourth-order valence-electron chi connectivity index (χ4n) is 3.06. The van der Waals surface area contributed by atoms with Crippen molar-refractivity contribution in [3.8, 4) is 0 Å². The minimum atomic E-state index is -0.847. The fourth-order valence-corrected chi connectivity index (χ4v) is 4.07. The molecule has 1 atom stereocenters. The first-order valence-corrected chi connectivity index (χ1v) is 11.1. The highest BCUT2D eigenvalue weighted by Gasteiger charge is 2.42. The van der Waals surface area contributed by atoms with Gasteiger partial charge in [0.25, 0.3) is 11.8 Å². The highest BCUT2D eigenvalue weighted by Crippen LogP contribution is 2.28. The van der Waals surface area contributed by atoms with E-state index >= 15 is 0 Å². The van der Waals surface area contributed by atoms with Crippen molar-refractivity contribution in [2.75, 3.05) is 23.6 Å². The molecular weight excluding hydrogens is 380 g/mol. The molecule has 2 aromatic carbocycles. The van der Waals surface area contributed by atoms with Crippen LogP contribution in [0.4, 0.5) is 5.69 Å². The Kier molecular flexibility index (Phi) is 6.23. The summed E-state index contributed by atoms with van der Waals surface area (Å²) >= 11 is 3.10. The second kappa shape index (κ2) is 8.63. The number of nitrogens with one attached hydrogen (secondary N) is 1. The lowest BCUT2D eigenvalue weighted by Crippen LogP contribution is -2.47. The van der Waals surface area contributed by atoms with Crippen molar-refractivity contribution in [1.29, 1.82) is 0 Å². The summed E-state index contributed by atoms with van der Waals surface area (Å²) in [6.45, 7) is 0. The molecule has 0 fully saturated rings. The summed E-state index contributed by atoms with van der Waals surface area (Å²) in [5.41, 5.74) is 1.39. The summed E-state index contributed by atoms with van der Waals surface area (Å²) in [6, 6.07) is 13.3. The van der Waals surface area contributed by atoms with Gasteiger partial charge in [0.15, 0.2) is 0 Å². The third-order valence-electron chi connectivity index (χ3n) is 4.40. The standard InChI is InChI=1S/C20H20N2O3S2/c1-26-12-11-16(18(23)21-15-9-5-6-10-17(15)27-2)22-19(24)13-7-3-4-8-14(13)20(22)25/h3-10,16H,11-12H2,1-2H3,(H,21,23). The lowest BCUT2D eigenvalue weighted by atomic mass is 10.1. The number of thioether (sulfide) groups is 2. The summed E-state index contributed by atoms with van der Waals surface area (Å²) in [6.07, 6.45) is 4.26. The summed E-state index contributed by atoms with van der Waals surface area (Å²) in [7, 11) is 0. The van der Waals surface area contributed by atoms with Crippen LogP contribution in [0, 0.1) is 0 Å². The van der Waals surface area contributed by atoms with Gasteiger partial charge in [-0.15, -0.1) is 11.8 Å². The van der Waals surface area contributed by atoms with E-state index in [0.29, 0.717) is 29.0 Å². The minimum Gasteiger partial charge on any atom is -0.323 e. The number of amides is 3. The molecule has 140 valence electrons. The van der Waals surface area contributed by atoms with Gasteiger partial charge >= 0.3 is 0 Å². The van der Waals surface area contributed by atoms with E-state index in [1.807, 2.05) is 36.8 Å². The fraction of sp³-hybridized carbons (Fsp3) is 0.250. The molecule has 1 N–H and O–H groups in total. The van der Waals surface area contributed by atoms with Crippen LogP contribution >= 0.6 is 23.5 Å². The van der Waals surface area contributed by atoms with E-state index in [-0.39, 0.29) is 5.91 Å². The molecule has 0 spiro atoms. The maximum atomic E-state index is 13.0. The summed E-state index contributed by atoms with van der Waals surface area (Å²) < 4.78 is 0. The van der Waals surface area contributed by atoms with E-state index in [4.69, 9.17) is 0 Å². The first-order valence-electron chi connectivity index (χ1n) is 8.48. The van der Waals surface area contributed by atoms with Crippen molar-refractivity contribution in [3.63, 3.8) is 0 Å². The van der Waals surface area contributed by atoms with Crippen LogP contribution in [-0.4, -0.2) is 46.9 Å². The maximum absolute atomic E-state index is 13.0. The Morgan fingerprint density at radius 2 is 1.59 bits per heavy atom. The minimum absolute atomic E-state index is 0.347. The molecule has 1 unspecified atom stereocenters. The van der Waals surface area contributed by atoms with Crippen molar-refractivity contribution >= 4 is 46.9 Å². The van der Waals surface area contributed by atoms with Gasteiger partial charge in [-0.05, 0) is 49.0 Å². The van der Waals surface area contributed by atoms with E-state index < -0.39 is 17.9 Å². The van der Waals surface area contributed by atoms with E-state index in [0.717, 1.165) is 9.80 Å². The van der Waals surface area contributed by atoms with Crippen LogP contribution in [-0.2, 0) is 4.79 Å². The first-order chi connectivity index (χ1) is 13.1. The van der Waals surface area contributed by atoms with Crippen molar-refractivity contribution < 1.29 is 14.4 Å². The average molecular weight is 401 g/mol. The number of anilines is 1. The van der Waals surface area contributed by atoms with E-state index in [1.165, 1.54) is 11.8 Å². The van der Waals surface area contributed by atoms with Crippen molar-refractivity contribution in [3.05, 3.63) is 59.7 Å². The molecule has 0 saturated carbocycles. The second-order valence-electron chi connectivity index (χ2n) is 6.01. The Labute approximate surface area is 166 Å². The van der Waals surface area contributed by atoms with Gasteiger partial charge in [-0.2, -0.15) is 11.8 Å². The molecular formula is C20H20N2O3S2. The molecule has 7 heteroatoms. The highest BCUT2D eigenvalue weighted by atomic mass is 32.2. The number of imide groups is 1. The van der Waals surface area contributed by atoms with E-state index in [1.54, 1.807) is 36.0 Å². The third-order valence-corrected chi connectivity index (χ3v) is 5.84. The highest BCUT2D eigenvalue weighted by molar-refractivity contribution is 7.98. The zero-order valence-electron chi connectivity index (χ0n) is 15.1. The van der Waals surface area contributed by atoms with Crippen LogP contribution in [0.1, 0.15) is 27.1 Å². The Balaban J connectivity index is 1.89. The van der Waals surface area contributed by atoms with Gasteiger partial charge in [0.2, 0.25) is 5.91 Å². The number of nitrogens with zero attached hydrogens (tertiary/aromatic N) is 1. The molecule has 0 aliphatic carbocycles. The molecule has 27 heavy (non-hydrogen) atoms. The van der Waals surface area contributed by atoms with Gasteiger partial charge < -0.3 is 5.32 Å². The summed E-state index contributed by atoms with van der Waals surface area (Å²) in [4.78, 5) is 40.7. The van der Waals surface area contributed by atoms with Crippen LogP contribution in [0.25, 0.3) is 0 Å². The van der Waals surface area contributed by atoms with Crippen molar-refractivity contribution in [1.82, 2.24) is 4.90 Å². The number of carbonyl (C=O) groups is 3. The average Bonchev–Trinajstić information content (AvgIpc) is 2.94. The Morgan fingerprint density at radius 1 is 1.00 bits per heavy atom. The van der Waals surface area contributed by atoms with Crippen molar-refractivity contribution in [2.24, 2.45) is 0 Å². The molecule has 0 saturated heterocycles. The van der Waals surface area contributed by atoms with Crippen LogP contribution in [0.15, 0.2) is 53.4 Å². The number of para-hydroxylation sites is 1. The molecule has 1 heterocycles. The predicted molar refractivity (Wildman–Crippen MR) is 111 cm³/mol.